The fourth-order valence-electron chi connectivity index (χ4n) is 2.61. The standard InChI is InChI=1S/C23H37NO4S/c1-17(2)7-5-8-18(3)9-6-10-19(4)13-14-29-16-20(23(27)28)15-21(25)11-12-22(24)26/h7,9,13,20H,5-6,8,10-12,14-16H2,1-4H3,(H2,24,26)(H,27,28)/b18-9+,19-13+. The second-order valence-corrected chi connectivity index (χ2v) is 8.82. The van der Waals surface area contributed by atoms with Gasteiger partial charge in [-0.25, -0.2) is 0 Å². The predicted molar refractivity (Wildman–Crippen MR) is 122 cm³/mol. The van der Waals surface area contributed by atoms with Gasteiger partial charge < -0.3 is 10.8 Å². The van der Waals surface area contributed by atoms with E-state index in [0.29, 0.717) is 5.75 Å². The predicted octanol–water partition coefficient (Wildman–Crippen LogP) is 5.06. The maximum atomic E-state index is 11.8. The van der Waals surface area contributed by atoms with Crippen molar-refractivity contribution in [3.8, 4) is 0 Å². The number of carbonyl (C=O) groups is 3. The first-order chi connectivity index (χ1) is 13.6. The normalized spacial score (nSPS) is 13.1. The van der Waals surface area contributed by atoms with E-state index in [-0.39, 0.29) is 25.0 Å². The molecule has 1 atom stereocenters. The number of Topliss-reactive ketones (excluding diaryl/α,β-unsaturated/α-hetero) is 1. The minimum atomic E-state index is -0.973. The van der Waals surface area contributed by atoms with Crippen molar-refractivity contribution in [3.63, 3.8) is 0 Å². The molecule has 3 N–H and O–H groups in total. The van der Waals surface area contributed by atoms with Crippen molar-refractivity contribution in [2.24, 2.45) is 11.7 Å². The van der Waals surface area contributed by atoms with Crippen LogP contribution in [0.2, 0.25) is 0 Å². The molecule has 0 aromatic carbocycles. The van der Waals surface area contributed by atoms with Crippen LogP contribution < -0.4 is 5.73 Å². The summed E-state index contributed by atoms with van der Waals surface area (Å²) >= 11 is 1.51. The van der Waals surface area contributed by atoms with Crippen LogP contribution in [0, 0.1) is 5.92 Å². The molecule has 0 fully saturated rings. The summed E-state index contributed by atoms with van der Waals surface area (Å²) in [5, 5.41) is 9.29. The number of carboxylic acids is 1. The minimum Gasteiger partial charge on any atom is -0.481 e. The van der Waals surface area contributed by atoms with E-state index < -0.39 is 17.8 Å². The molecule has 0 heterocycles. The molecular weight excluding hydrogens is 386 g/mol. The van der Waals surface area contributed by atoms with E-state index in [9.17, 15) is 19.5 Å². The molecule has 0 aromatic rings. The van der Waals surface area contributed by atoms with Crippen molar-refractivity contribution >= 4 is 29.4 Å². The van der Waals surface area contributed by atoms with Crippen molar-refractivity contribution < 1.29 is 19.5 Å². The summed E-state index contributed by atoms with van der Waals surface area (Å²) in [6.07, 6.45) is 10.8. The lowest BCUT2D eigenvalue weighted by atomic mass is 10.0. The molecule has 0 saturated heterocycles. The van der Waals surface area contributed by atoms with Gasteiger partial charge in [0.2, 0.25) is 5.91 Å². The van der Waals surface area contributed by atoms with Gasteiger partial charge in [0, 0.05) is 30.8 Å². The highest BCUT2D eigenvalue weighted by Crippen LogP contribution is 2.17. The van der Waals surface area contributed by atoms with Crippen molar-refractivity contribution in [2.75, 3.05) is 11.5 Å². The average Bonchev–Trinajstić information content (AvgIpc) is 2.61. The molecule has 5 nitrogen and oxygen atoms in total. The Bertz CT molecular complexity index is 631. The summed E-state index contributed by atoms with van der Waals surface area (Å²) in [5.41, 5.74) is 9.07. The van der Waals surface area contributed by atoms with E-state index in [2.05, 4.69) is 45.9 Å². The molecule has 0 bridgehead atoms. The molecule has 29 heavy (non-hydrogen) atoms. The second-order valence-electron chi connectivity index (χ2n) is 7.74. The first-order valence-corrected chi connectivity index (χ1v) is 11.3. The Balaban J connectivity index is 4.20. The fraction of sp³-hybridized carbons (Fsp3) is 0.609. The zero-order valence-electron chi connectivity index (χ0n) is 18.3. The maximum absolute atomic E-state index is 11.8. The molecule has 1 amide bonds. The van der Waals surface area contributed by atoms with Gasteiger partial charge >= 0.3 is 5.97 Å². The number of rotatable bonds is 16. The molecule has 164 valence electrons. The lowest BCUT2D eigenvalue weighted by Crippen LogP contribution is -2.21. The number of thioether (sulfide) groups is 1. The molecule has 0 aliphatic heterocycles. The quantitative estimate of drug-likeness (QED) is 0.267. The van der Waals surface area contributed by atoms with E-state index in [1.807, 2.05) is 0 Å². The molecule has 6 heteroatoms. The highest BCUT2D eigenvalue weighted by molar-refractivity contribution is 7.99. The summed E-state index contributed by atoms with van der Waals surface area (Å²) in [5.74, 6) is -1.35. The topological polar surface area (TPSA) is 97.5 Å². The van der Waals surface area contributed by atoms with Crippen LogP contribution in [0.5, 0.6) is 0 Å². The zero-order chi connectivity index (χ0) is 22.2. The van der Waals surface area contributed by atoms with E-state index >= 15 is 0 Å². The van der Waals surface area contributed by atoms with Crippen LogP contribution in [0.25, 0.3) is 0 Å². The van der Waals surface area contributed by atoms with Crippen molar-refractivity contribution in [3.05, 3.63) is 34.9 Å². The van der Waals surface area contributed by atoms with E-state index in [1.54, 1.807) is 0 Å². The summed E-state index contributed by atoms with van der Waals surface area (Å²) in [6.45, 7) is 8.50. The minimum absolute atomic E-state index is 0.0179. The van der Waals surface area contributed by atoms with E-state index in [4.69, 9.17) is 5.73 Å². The van der Waals surface area contributed by atoms with Gasteiger partial charge in [0.25, 0.3) is 0 Å². The summed E-state index contributed by atoms with van der Waals surface area (Å²) in [4.78, 5) is 33.8. The zero-order valence-corrected chi connectivity index (χ0v) is 19.1. The summed E-state index contributed by atoms with van der Waals surface area (Å²) in [6, 6.07) is 0. The Hall–Kier alpha value is -1.82. The molecule has 0 radical (unpaired) electrons. The summed E-state index contributed by atoms with van der Waals surface area (Å²) in [7, 11) is 0. The maximum Gasteiger partial charge on any atom is 0.307 e. The lowest BCUT2D eigenvalue weighted by molar-refractivity contribution is -0.142. The Morgan fingerprint density at radius 2 is 1.48 bits per heavy atom. The monoisotopic (exact) mass is 423 g/mol. The van der Waals surface area contributed by atoms with Crippen molar-refractivity contribution in [1.82, 2.24) is 0 Å². The van der Waals surface area contributed by atoms with Gasteiger partial charge in [-0.1, -0.05) is 34.9 Å². The van der Waals surface area contributed by atoms with Crippen LogP contribution in [0.4, 0.5) is 0 Å². The third-order valence-corrected chi connectivity index (χ3v) is 5.51. The van der Waals surface area contributed by atoms with Crippen molar-refractivity contribution in [1.29, 1.82) is 0 Å². The largest absolute Gasteiger partial charge is 0.481 e. The highest BCUT2D eigenvalue weighted by atomic mass is 32.2. The molecule has 0 aliphatic carbocycles. The molecule has 0 rings (SSSR count). The van der Waals surface area contributed by atoms with Crippen LogP contribution in [-0.4, -0.2) is 34.3 Å². The van der Waals surface area contributed by atoms with Gasteiger partial charge in [-0.15, -0.1) is 0 Å². The Kier molecular flexibility index (Phi) is 15.0. The molecular formula is C23H37NO4S. The number of carbonyl (C=O) groups excluding carboxylic acids is 2. The first-order valence-electron chi connectivity index (χ1n) is 10.2. The smallest absolute Gasteiger partial charge is 0.307 e. The third-order valence-electron chi connectivity index (χ3n) is 4.46. The van der Waals surface area contributed by atoms with Crippen molar-refractivity contribution in [2.45, 2.75) is 72.6 Å². The molecule has 0 aromatic heterocycles. The van der Waals surface area contributed by atoms with Crippen LogP contribution in [0.3, 0.4) is 0 Å². The lowest BCUT2D eigenvalue weighted by Gasteiger charge is -2.10. The molecule has 1 unspecified atom stereocenters. The Labute approximate surface area is 179 Å². The number of amides is 1. The highest BCUT2D eigenvalue weighted by Gasteiger charge is 2.21. The van der Waals surface area contributed by atoms with E-state index in [0.717, 1.165) is 31.4 Å². The van der Waals surface area contributed by atoms with Gasteiger partial charge in [0.1, 0.15) is 5.78 Å². The van der Waals surface area contributed by atoms with Crippen LogP contribution in [0.15, 0.2) is 34.9 Å². The number of nitrogens with two attached hydrogens (primary N) is 1. The van der Waals surface area contributed by atoms with Crippen LogP contribution in [0.1, 0.15) is 72.6 Å². The number of aliphatic carboxylic acids is 1. The van der Waals surface area contributed by atoms with Gasteiger partial charge in [0.05, 0.1) is 5.92 Å². The number of hydrogen-bond acceptors (Lipinski definition) is 4. The molecule has 0 aliphatic rings. The first kappa shape index (κ1) is 27.2. The number of primary amides is 1. The second kappa shape index (κ2) is 16.0. The number of ketones is 1. The number of carboxylic acid groups (broad SMARTS) is 1. The molecule has 0 saturated carbocycles. The number of allylic oxidation sites excluding steroid dienone is 5. The van der Waals surface area contributed by atoms with E-state index in [1.165, 1.54) is 28.5 Å². The van der Waals surface area contributed by atoms with Crippen LogP contribution >= 0.6 is 11.8 Å². The Morgan fingerprint density at radius 3 is 2.03 bits per heavy atom. The SMILES string of the molecule is CC(C)=CCC/C(C)=C/CC/C(C)=C/CSCC(CC(=O)CCC(N)=O)C(=O)O. The molecule has 0 spiro atoms. The van der Waals surface area contributed by atoms with Gasteiger partial charge in [0.15, 0.2) is 0 Å². The number of hydrogen-bond donors (Lipinski definition) is 2. The Morgan fingerprint density at radius 1 is 0.897 bits per heavy atom. The fourth-order valence-corrected chi connectivity index (χ4v) is 3.69. The van der Waals surface area contributed by atoms with Crippen LogP contribution in [-0.2, 0) is 14.4 Å². The van der Waals surface area contributed by atoms with Gasteiger partial charge in [-0.2, -0.15) is 11.8 Å². The van der Waals surface area contributed by atoms with Gasteiger partial charge in [-0.3, -0.25) is 14.4 Å². The average molecular weight is 424 g/mol. The summed E-state index contributed by atoms with van der Waals surface area (Å²) < 4.78 is 0. The van der Waals surface area contributed by atoms with Gasteiger partial charge in [-0.05, 0) is 53.4 Å². The third kappa shape index (κ3) is 16.8.